The number of aliphatic hydroxyl groups is 6. The molecule has 0 aliphatic heterocycles. The molecule has 14 nitrogen and oxygen atoms in total. The Balaban J connectivity index is 4.95. The maximum absolute atomic E-state index is 13.3. The molecule has 0 fully saturated rings. The fourth-order valence-corrected chi connectivity index (χ4v) is 8.09. The first kappa shape index (κ1) is 48.7. The molecule has 0 bridgehead atoms. The summed E-state index contributed by atoms with van der Waals surface area (Å²) in [7, 11) is -2.29. The Morgan fingerprint density at radius 1 is 0.551 bits per heavy atom. The molecule has 0 aliphatic rings. The summed E-state index contributed by atoms with van der Waals surface area (Å²) in [5, 5.41) is 71.9. The predicted molar refractivity (Wildman–Crippen MR) is 194 cm³/mol. The molecule has 0 heterocycles. The lowest BCUT2D eigenvalue weighted by molar-refractivity contribution is -0.861. The van der Waals surface area contributed by atoms with Crippen molar-refractivity contribution in [2.75, 3.05) is 79.6 Å². The van der Waals surface area contributed by atoms with E-state index in [0.717, 1.165) is 19.3 Å². The quantitative estimate of drug-likeness (QED) is 0.0189. The van der Waals surface area contributed by atoms with E-state index in [1.54, 1.807) is 7.05 Å². The largest absolute Gasteiger partial charge is 0.633 e. The summed E-state index contributed by atoms with van der Waals surface area (Å²) in [5.41, 5.74) is 11.6. The van der Waals surface area contributed by atoms with Gasteiger partial charge in [-0.1, -0.05) is 96.8 Å². The summed E-state index contributed by atoms with van der Waals surface area (Å²) in [4.78, 5) is 0. The van der Waals surface area contributed by atoms with Crippen molar-refractivity contribution in [1.82, 2.24) is 0 Å². The van der Waals surface area contributed by atoms with Crippen LogP contribution in [0.15, 0.2) is 0 Å². The first-order valence-corrected chi connectivity index (χ1v) is 20.7. The van der Waals surface area contributed by atoms with Crippen molar-refractivity contribution >= 4 is 8.80 Å². The minimum Gasteiger partial charge on any atom is -0.633 e. The predicted octanol–water partition coefficient (Wildman–Crippen LogP) is 0.901. The molecule has 1 atom stereocenters. The summed E-state index contributed by atoms with van der Waals surface area (Å²) < 4.78 is 17.8. The standard InChI is InChI=1S/C34H76N4O10Si/c1-3-4-5-6-7-8-9-10-11-12-13-14-15-16-17-18-20-38(2,45)21-19-22-49(46-29-32(35,23-39)24-40,47-30-33(36,25-41)26-42)48-31-34(37,27-43)28-44/h39-44H,3-31,35-37H2,1-2H3/p+1. The van der Waals surface area contributed by atoms with Gasteiger partial charge >= 0.3 is 8.80 Å². The van der Waals surface area contributed by atoms with Gasteiger partial charge in [0.25, 0.3) is 0 Å². The number of hydroxylamine groups is 3. The molecule has 0 radical (unpaired) electrons. The Hall–Kier alpha value is -0.343. The third-order valence-electron chi connectivity index (χ3n) is 9.29. The van der Waals surface area contributed by atoms with Crippen molar-refractivity contribution in [2.45, 2.75) is 139 Å². The van der Waals surface area contributed by atoms with Gasteiger partial charge < -0.3 is 71.0 Å². The molecule has 13 N–H and O–H groups in total. The molecule has 0 aromatic rings. The molecule has 296 valence electrons. The van der Waals surface area contributed by atoms with Crippen LogP contribution in [-0.4, -0.2) is 140 Å². The van der Waals surface area contributed by atoms with E-state index in [1.807, 2.05) is 0 Å². The van der Waals surface area contributed by atoms with E-state index in [0.29, 0.717) is 13.0 Å². The zero-order valence-electron chi connectivity index (χ0n) is 31.1. The summed E-state index contributed by atoms with van der Waals surface area (Å²) in [6, 6.07) is 0.0921. The highest BCUT2D eigenvalue weighted by Gasteiger charge is 2.47. The average molecular weight is 730 g/mol. The smallest absolute Gasteiger partial charge is 0.501 e. The Labute approximate surface area is 297 Å². The minimum atomic E-state index is -3.91. The van der Waals surface area contributed by atoms with Crippen LogP contribution in [0, 0.1) is 5.21 Å². The zero-order valence-corrected chi connectivity index (χ0v) is 32.1. The zero-order chi connectivity index (χ0) is 37.1. The summed E-state index contributed by atoms with van der Waals surface area (Å²) in [6.07, 6.45) is 20.5. The van der Waals surface area contributed by atoms with Crippen LogP contribution in [0.5, 0.6) is 0 Å². The molecule has 15 heteroatoms. The normalized spacial score (nSPS) is 14.4. The highest BCUT2D eigenvalue weighted by molar-refractivity contribution is 6.60. The van der Waals surface area contributed by atoms with Gasteiger partial charge in [-0.3, -0.25) is 0 Å². The lowest BCUT2D eigenvalue weighted by atomic mass is 10.0. The van der Waals surface area contributed by atoms with Gasteiger partial charge in [-0.15, -0.1) is 0 Å². The van der Waals surface area contributed by atoms with E-state index < -0.39 is 69.7 Å². The van der Waals surface area contributed by atoms with Crippen LogP contribution in [0.2, 0.25) is 6.04 Å². The number of unbranched alkanes of at least 4 members (excludes halogenated alkanes) is 15. The van der Waals surface area contributed by atoms with Gasteiger partial charge in [0.05, 0.1) is 77.5 Å². The van der Waals surface area contributed by atoms with E-state index in [1.165, 1.54) is 83.5 Å². The van der Waals surface area contributed by atoms with Crippen LogP contribution in [0.3, 0.4) is 0 Å². The van der Waals surface area contributed by atoms with Crippen molar-refractivity contribution in [2.24, 2.45) is 11.5 Å². The van der Waals surface area contributed by atoms with Crippen LogP contribution in [-0.2, 0) is 13.3 Å². The van der Waals surface area contributed by atoms with Crippen LogP contribution < -0.4 is 17.2 Å². The van der Waals surface area contributed by atoms with Gasteiger partial charge in [-0.05, 0) is 12.8 Å². The van der Waals surface area contributed by atoms with Gasteiger partial charge in [-0.2, -0.15) is 0 Å². The van der Waals surface area contributed by atoms with E-state index in [4.69, 9.17) is 24.7 Å². The molecule has 1 unspecified atom stereocenters. The van der Waals surface area contributed by atoms with Crippen molar-refractivity contribution < 1.29 is 54.3 Å². The molecule has 0 saturated heterocycles. The molecular weight excluding hydrogens is 652 g/mol. The molecule has 0 aromatic carbocycles. The van der Waals surface area contributed by atoms with Crippen molar-refractivity contribution in [1.29, 1.82) is 0 Å². The highest BCUT2D eigenvalue weighted by atomic mass is 28.4. The van der Waals surface area contributed by atoms with Gasteiger partial charge in [-0.25, -0.2) is 0 Å². The van der Waals surface area contributed by atoms with Crippen molar-refractivity contribution in [3.05, 3.63) is 5.21 Å². The van der Waals surface area contributed by atoms with E-state index in [2.05, 4.69) is 12.7 Å². The van der Waals surface area contributed by atoms with Crippen LogP contribution >= 0.6 is 0 Å². The Morgan fingerprint density at radius 3 is 1.22 bits per heavy atom. The van der Waals surface area contributed by atoms with Crippen molar-refractivity contribution in [3.8, 4) is 0 Å². The van der Waals surface area contributed by atoms with Gasteiger partial charge in [0.15, 0.2) is 5.54 Å². The second kappa shape index (κ2) is 27.3. The highest BCUT2D eigenvalue weighted by Crippen LogP contribution is 2.24. The van der Waals surface area contributed by atoms with Gasteiger partial charge in [0.1, 0.15) is 13.2 Å². The molecule has 0 aliphatic carbocycles. The van der Waals surface area contributed by atoms with E-state index in [9.17, 15) is 35.8 Å². The fourth-order valence-electron chi connectivity index (χ4n) is 5.27. The first-order valence-electron chi connectivity index (χ1n) is 18.8. The minimum absolute atomic E-state index is 0.0921. The first-order chi connectivity index (χ1) is 23.3. The van der Waals surface area contributed by atoms with Crippen molar-refractivity contribution in [3.63, 3.8) is 0 Å². The molecule has 0 amide bonds. The van der Waals surface area contributed by atoms with Crippen LogP contribution in [0.25, 0.3) is 0 Å². The Bertz CT molecular complexity index is 720. The molecule has 0 spiro atoms. The molecule has 0 aromatic heterocycles. The number of aliphatic hydroxyl groups excluding tert-OH is 6. The maximum Gasteiger partial charge on any atom is 0.501 e. The number of rotatable bonds is 36. The SMILES string of the molecule is CCCCCCCCCCCCCCCCCC[N+](C)([O-])CCC[Si](OCC(N)(CO)CO)(OCC(N)(CO)CO)OCC([NH3+])(CO)CO. The lowest BCUT2D eigenvalue weighted by Gasteiger charge is -2.40. The monoisotopic (exact) mass is 730 g/mol. The van der Waals surface area contributed by atoms with Gasteiger partial charge in [0, 0.05) is 12.5 Å². The average Bonchev–Trinajstić information content (AvgIpc) is 3.11. The second-order valence-corrected chi connectivity index (χ2v) is 17.6. The van der Waals surface area contributed by atoms with E-state index >= 15 is 0 Å². The Morgan fingerprint density at radius 2 is 0.878 bits per heavy atom. The van der Waals surface area contributed by atoms with Crippen LogP contribution in [0.1, 0.15) is 116 Å². The number of hydrogen-bond donors (Lipinski definition) is 9. The summed E-state index contributed by atoms with van der Waals surface area (Å²) >= 11 is 0. The maximum atomic E-state index is 13.3. The number of nitrogens with two attached hydrogens (primary N) is 2. The Kier molecular flexibility index (Phi) is 27.1. The lowest BCUT2D eigenvalue weighted by Crippen LogP contribution is -2.79. The fraction of sp³-hybridized carbons (Fsp3) is 1.00. The number of hydrogen-bond acceptors (Lipinski definition) is 12. The number of quaternary nitrogens is 2. The van der Waals surface area contributed by atoms with Gasteiger partial charge in [0.2, 0.25) is 0 Å². The molecular formula is C34H77N4O10Si+. The van der Waals surface area contributed by atoms with E-state index in [-0.39, 0.29) is 32.4 Å². The topological polar surface area (TPSA) is 252 Å². The van der Waals surface area contributed by atoms with Crippen LogP contribution in [0.4, 0.5) is 0 Å². The second-order valence-electron chi connectivity index (χ2n) is 14.9. The third-order valence-corrected chi connectivity index (χ3v) is 12.0. The summed E-state index contributed by atoms with van der Waals surface area (Å²) in [6.45, 7) is -1.57. The molecule has 49 heavy (non-hydrogen) atoms. The number of nitrogens with zero attached hydrogens (tertiary/aromatic N) is 1. The molecule has 0 rings (SSSR count). The summed E-state index contributed by atoms with van der Waals surface area (Å²) in [5.74, 6) is 0. The molecule has 0 saturated carbocycles. The third kappa shape index (κ3) is 23.0.